The molecule has 1 rings (SSSR count). The number of rotatable bonds is 1. The topological polar surface area (TPSA) is 29.0 Å². The van der Waals surface area contributed by atoms with Gasteiger partial charge in [-0.2, -0.15) is 0 Å². The van der Waals surface area contributed by atoms with Crippen molar-refractivity contribution in [3.05, 3.63) is 15.9 Å². The Balaban J connectivity index is 3.21. The Kier molecular flexibility index (Phi) is 2.75. The number of aromatic nitrogens is 2. The summed E-state index contributed by atoms with van der Waals surface area (Å²) in [6.07, 6.45) is 0. The molecule has 0 aliphatic heterocycles. The molecule has 0 aromatic carbocycles. The van der Waals surface area contributed by atoms with E-state index in [0.717, 1.165) is 0 Å². The summed E-state index contributed by atoms with van der Waals surface area (Å²) < 4.78 is 0. The first kappa shape index (κ1) is 9.55. The van der Waals surface area contributed by atoms with Crippen LogP contribution in [0.5, 0.6) is 0 Å². The van der Waals surface area contributed by atoms with Crippen LogP contribution in [0.2, 0.25) is 10.3 Å². The molecular formula is C7H9Cl2N3. The summed E-state index contributed by atoms with van der Waals surface area (Å²) >= 11 is 11.6. The number of hydrogen-bond acceptors (Lipinski definition) is 3. The maximum Gasteiger partial charge on any atom is 0.227 e. The van der Waals surface area contributed by atoms with Crippen LogP contribution in [0, 0.1) is 6.92 Å². The molecule has 0 amide bonds. The Labute approximate surface area is 81.3 Å². The van der Waals surface area contributed by atoms with E-state index in [1.165, 1.54) is 0 Å². The molecule has 0 aliphatic rings. The third-order valence-electron chi connectivity index (χ3n) is 1.42. The fourth-order valence-electron chi connectivity index (χ4n) is 0.653. The summed E-state index contributed by atoms with van der Waals surface area (Å²) in [5, 5.41) is 0.803. The maximum absolute atomic E-state index is 5.80. The summed E-state index contributed by atoms with van der Waals surface area (Å²) in [4.78, 5) is 9.80. The van der Waals surface area contributed by atoms with E-state index in [1.54, 1.807) is 11.8 Å². The van der Waals surface area contributed by atoms with Crippen LogP contribution >= 0.6 is 23.2 Å². The van der Waals surface area contributed by atoms with E-state index in [0.29, 0.717) is 21.8 Å². The Morgan fingerprint density at radius 3 is 1.83 bits per heavy atom. The first-order valence-electron chi connectivity index (χ1n) is 3.39. The summed E-state index contributed by atoms with van der Waals surface area (Å²) in [6.45, 7) is 1.78. The molecule has 3 nitrogen and oxygen atoms in total. The molecular weight excluding hydrogens is 197 g/mol. The lowest BCUT2D eigenvalue weighted by Crippen LogP contribution is -2.13. The fraction of sp³-hybridized carbons (Fsp3) is 0.429. The Bertz CT molecular complexity index is 276. The zero-order valence-electron chi connectivity index (χ0n) is 7.10. The van der Waals surface area contributed by atoms with Gasteiger partial charge in [0, 0.05) is 19.7 Å². The monoisotopic (exact) mass is 205 g/mol. The van der Waals surface area contributed by atoms with E-state index in [4.69, 9.17) is 23.2 Å². The normalized spacial score (nSPS) is 10.1. The zero-order valence-corrected chi connectivity index (χ0v) is 8.61. The molecule has 0 saturated heterocycles. The minimum atomic E-state index is 0.402. The first-order chi connectivity index (χ1) is 5.52. The molecule has 0 atom stereocenters. The van der Waals surface area contributed by atoms with Crippen LogP contribution in [-0.4, -0.2) is 24.1 Å². The van der Waals surface area contributed by atoms with Gasteiger partial charge in [0.1, 0.15) is 10.3 Å². The standard InChI is InChI=1S/C7H9Cl2N3/c1-4-5(8)10-7(12(2)3)11-6(4)9/h1-3H3. The van der Waals surface area contributed by atoms with Gasteiger partial charge < -0.3 is 4.90 Å². The number of hydrogen-bond donors (Lipinski definition) is 0. The van der Waals surface area contributed by atoms with Crippen molar-refractivity contribution in [3.63, 3.8) is 0 Å². The van der Waals surface area contributed by atoms with E-state index < -0.39 is 0 Å². The second-order valence-electron chi connectivity index (χ2n) is 2.62. The molecule has 1 aromatic heterocycles. The quantitative estimate of drug-likeness (QED) is 0.659. The van der Waals surface area contributed by atoms with Crippen LogP contribution in [0.1, 0.15) is 5.56 Å². The van der Waals surface area contributed by atoms with Crippen LogP contribution < -0.4 is 4.90 Å². The highest BCUT2D eigenvalue weighted by Gasteiger charge is 2.07. The molecule has 0 N–H and O–H groups in total. The van der Waals surface area contributed by atoms with Gasteiger partial charge in [0.05, 0.1) is 0 Å². The molecule has 0 spiro atoms. The van der Waals surface area contributed by atoms with Gasteiger partial charge in [-0.05, 0) is 6.92 Å². The van der Waals surface area contributed by atoms with Crippen molar-refractivity contribution in [2.75, 3.05) is 19.0 Å². The van der Waals surface area contributed by atoms with Gasteiger partial charge in [-0.1, -0.05) is 23.2 Å². The SMILES string of the molecule is Cc1c(Cl)nc(N(C)C)nc1Cl. The zero-order chi connectivity index (χ0) is 9.30. The average molecular weight is 206 g/mol. The smallest absolute Gasteiger partial charge is 0.227 e. The van der Waals surface area contributed by atoms with Crippen LogP contribution in [0.3, 0.4) is 0 Å². The third-order valence-corrected chi connectivity index (χ3v) is 2.15. The van der Waals surface area contributed by atoms with Gasteiger partial charge >= 0.3 is 0 Å². The molecule has 0 aliphatic carbocycles. The molecule has 0 saturated carbocycles. The lowest BCUT2D eigenvalue weighted by atomic mass is 10.4. The average Bonchev–Trinajstić information content (AvgIpc) is 1.99. The Hall–Kier alpha value is -0.540. The van der Waals surface area contributed by atoms with Crippen LogP contribution in [0.25, 0.3) is 0 Å². The van der Waals surface area contributed by atoms with Crippen molar-refractivity contribution in [3.8, 4) is 0 Å². The number of nitrogens with zero attached hydrogens (tertiary/aromatic N) is 3. The number of anilines is 1. The van der Waals surface area contributed by atoms with Crippen LogP contribution in [0.4, 0.5) is 5.95 Å². The highest BCUT2D eigenvalue weighted by atomic mass is 35.5. The van der Waals surface area contributed by atoms with Gasteiger partial charge in [0.25, 0.3) is 0 Å². The van der Waals surface area contributed by atoms with Crippen molar-refractivity contribution < 1.29 is 0 Å². The third kappa shape index (κ3) is 1.79. The Morgan fingerprint density at radius 1 is 1.08 bits per heavy atom. The second kappa shape index (κ2) is 3.46. The van der Waals surface area contributed by atoms with E-state index in [2.05, 4.69) is 9.97 Å². The largest absolute Gasteiger partial charge is 0.347 e. The Morgan fingerprint density at radius 2 is 1.50 bits per heavy atom. The molecule has 0 radical (unpaired) electrons. The molecule has 66 valence electrons. The lowest BCUT2D eigenvalue weighted by Gasteiger charge is -2.11. The molecule has 12 heavy (non-hydrogen) atoms. The molecule has 0 bridgehead atoms. The fourth-order valence-corrected chi connectivity index (χ4v) is 1.03. The predicted octanol–water partition coefficient (Wildman–Crippen LogP) is 2.16. The van der Waals surface area contributed by atoms with Crippen molar-refractivity contribution in [2.24, 2.45) is 0 Å². The van der Waals surface area contributed by atoms with Crippen molar-refractivity contribution in [2.45, 2.75) is 6.92 Å². The summed E-state index contributed by atoms with van der Waals surface area (Å²) in [6, 6.07) is 0. The van der Waals surface area contributed by atoms with Crippen LogP contribution in [0.15, 0.2) is 0 Å². The van der Waals surface area contributed by atoms with Crippen molar-refractivity contribution >= 4 is 29.2 Å². The first-order valence-corrected chi connectivity index (χ1v) is 4.15. The van der Waals surface area contributed by atoms with Gasteiger partial charge in [-0.25, -0.2) is 9.97 Å². The molecule has 0 unspecified atom stereocenters. The predicted molar refractivity (Wildman–Crippen MR) is 51.1 cm³/mol. The van der Waals surface area contributed by atoms with Crippen molar-refractivity contribution in [1.82, 2.24) is 9.97 Å². The second-order valence-corrected chi connectivity index (χ2v) is 3.34. The van der Waals surface area contributed by atoms with E-state index in [9.17, 15) is 0 Å². The van der Waals surface area contributed by atoms with Gasteiger partial charge in [0.15, 0.2) is 0 Å². The summed E-state index contributed by atoms with van der Waals surface area (Å²) in [5.74, 6) is 0.524. The van der Waals surface area contributed by atoms with Gasteiger partial charge in [-0.15, -0.1) is 0 Å². The summed E-state index contributed by atoms with van der Waals surface area (Å²) in [5.41, 5.74) is 0.712. The molecule has 1 heterocycles. The highest BCUT2D eigenvalue weighted by molar-refractivity contribution is 6.34. The minimum Gasteiger partial charge on any atom is -0.347 e. The van der Waals surface area contributed by atoms with E-state index >= 15 is 0 Å². The van der Waals surface area contributed by atoms with Gasteiger partial charge in [0.2, 0.25) is 5.95 Å². The van der Waals surface area contributed by atoms with Crippen LogP contribution in [-0.2, 0) is 0 Å². The van der Waals surface area contributed by atoms with Gasteiger partial charge in [-0.3, -0.25) is 0 Å². The lowest BCUT2D eigenvalue weighted by molar-refractivity contribution is 0.989. The van der Waals surface area contributed by atoms with E-state index in [1.807, 2.05) is 14.1 Å². The molecule has 5 heteroatoms. The maximum atomic E-state index is 5.80. The minimum absolute atomic E-state index is 0.402. The molecule has 1 aromatic rings. The highest BCUT2D eigenvalue weighted by Crippen LogP contribution is 2.21. The molecule has 0 fully saturated rings. The van der Waals surface area contributed by atoms with Crippen molar-refractivity contribution in [1.29, 1.82) is 0 Å². The van der Waals surface area contributed by atoms with E-state index in [-0.39, 0.29) is 0 Å². The summed E-state index contributed by atoms with van der Waals surface area (Å²) in [7, 11) is 3.66. The number of halogens is 2.